The molecule has 144 valence electrons. The molecule has 0 aromatic heterocycles. The summed E-state index contributed by atoms with van der Waals surface area (Å²) in [6.45, 7) is 2.45. The number of benzene rings is 2. The highest BCUT2D eigenvalue weighted by molar-refractivity contribution is 9.10. The van der Waals surface area contributed by atoms with Crippen LogP contribution in [0.25, 0.3) is 0 Å². The highest BCUT2D eigenvalue weighted by Crippen LogP contribution is 2.37. The fourth-order valence-electron chi connectivity index (χ4n) is 2.53. The molecule has 0 fully saturated rings. The number of rotatable bonds is 8. The van der Waals surface area contributed by atoms with E-state index < -0.39 is 5.97 Å². The van der Waals surface area contributed by atoms with Gasteiger partial charge >= 0.3 is 5.97 Å². The van der Waals surface area contributed by atoms with Gasteiger partial charge in [-0.15, -0.1) is 0 Å². The van der Waals surface area contributed by atoms with Crippen molar-refractivity contribution in [1.82, 2.24) is 4.90 Å². The van der Waals surface area contributed by atoms with Crippen molar-refractivity contribution in [3.05, 3.63) is 58.1 Å². The third-order valence-corrected chi connectivity index (χ3v) is 4.41. The lowest BCUT2D eigenvalue weighted by Crippen LogP contribution is -2.35. The normalized spacial score (nSPS) is 10.2. The van der Waals surface area contributed by atoms with Crippen molar-refractivity contribution in [3.63, 3.8) is 0 Å². The molecule has 6 nitrogen and oxygen atoms in total. The minimum absolute atomic E-state index is 0.155. The maximum atomic E-state index is 13.1. The van der Waals surface area contributed by atoms with Gasteiger partial charge in [-0.1, -0.05) is 30.3 Å². The van der Waals surface area contributed by atoms with Gasteiger partial charge in [-0.25, -0.2) is 0 Å². The van der Waals surface area contributed by atoms with Crippen LogP contribution in [-0.2, 0) is 16.1 Å². The molecule has 1 amide bonds. The van der Waals surface area contributed by atoms with E-state index >= 15 is 0 Å². The monoisotopic (exact) mass is 435 g/mol. The fourth-order valence-corrected chi connectivity index (χ4v) is 3.09. The first-order valence-corrected chi connectivity index (χ1v) is 9.19. The first-order valence-electron chi connectivity index (χ1n) is 8.40. The van der Waals surface area contributed by atoms with Gasteiger partial charge in [-0.2, -0.15) is 0 Å². The Kier molecular flexibility index (Phi) is 7.67. The highest BCUT2D eigenvalue weighted by atomic mass is 79.9. The summed E-state index contributed by atoms with van der Waals surface area (Å²) in [6.07, 6.45) is 0. The van der Waals surface area contributed by atoms with E-state index in [1.54, 1.807) is 12.1 Å². The molecular weight excluding hydrogens is 414 g/mol. The van der Waals surface area contributed by atoms with Crippen LogP contribution in [-0.4, -0.2) is 44.1 Å². The SMILES string of the molecule is CCOc1c(Br)cc(C(=O)N(CC(=O)OC)Cc2ccccc2)cc1OC. The molecule has 0 N–H and O–H groups in total. The zero-order valence-electron chi connectivity index (χ0n) is 15.5. The Morgan fingerprint density at radius 3 is 2.41 bits per heavy atom. The Morgan fingerprint density at radius 2 is 1.81 bits per heavy atom. The molecule has 0 spiro atoms. The van der Waals surface area contributed by atoms with Crippen molar-refractivity contribution in [1.29, 1.82) is 0 Å². The summed E-state index contributed by atoms with van der Waals surface area (Å²) in [4.78, 5) is 26.3. The van der Waals surface area contributed by atoms with Gasteiger partial charge in [0.2, 0.25) is 0 Å². The summed E-state index contributed by atoms with van der Waals surface area (Å²) in [5, 5.41) is 0. The van der Waals surface area contributed by atoms with Crippen LogP contribution in [0.3, 0.4) is 0 Å². The van der Waals surface area contributed by atoms with Crippen molar-refractivity contribution < 1.29 is 23.8 Å². The highest BCUT2D eigenvalue weighted by Gasteiger charge is 2.22. The summed E-state index contributed by atoms with van der Waals surface area (Å²) in [5.41, 5.74) is 1.29. The average molecular weight is 436 g/mol. The minimum atomic E-state index is -0.490. The molecule has 0 aliphatic rings. The van der Waals surface area contributed by atoms with E-state index in [-0.39, 0.29) is 19.0 Å². The Bertz CT molecular complexity index is 794. The third-order valence-electron chi connectivity index (χ3n) is 3.82. The lowest BCUT2D eigenvalue weighted by atomic mass is 10.1. The van der Waals surface area contributed by atoms with Gasteiger partial charge in [0.1, 0.15) is 6.54 Å². The smallest absolute Gasteiger partial charge is 0.325 e. The molecule has 0 radical (unpaired) electrons. The molecule has 0 aliphatic heterocycles. The number of methoxy groups -OCH3 is 2. The Hall–Kier alpha value is -2.54. The van der Waals surface area contributed by atoms with Crippen LogP contribution >= 0.6 is 15.9 Å². The summed E-state index contributed by atoms with van der Waals surface area (Å²) in [7, 11) is 2.80. The van der Waals surface area contributed by atoms with Gasteiger partial charge < -0.3 is 19.1 Å². The Morgan fingerprint density at radius 1 is 1.11 bits per heavy atom. The number of hydrogen-bond donors (Lipinski definition) is 0. The number of nitrogens with zero attached hydrogens (tertiary/aromatic N) is 1. The van der Waals surface area contributed by atoms with Gasteiger partial charge in [0.15, 0.2) is 11.5 Å². The predicted octanol–water partition coefficient (Wildman–Crippen LogP) is 3.67. The van der Waals surface area contributed by atoms with Crippen LogP contribution in [0, 0.1) is 0 Å². The third kappa shape index (κ3) is 5.47. The molecule has 0 unspecified atom stereocenters. The minimum Gasteiger partial charge on any atom is -0.493 e. The molecular formula is C20H22BrNO5. The largest absolute Gasteiger partial charge is 0.493 e. The van der Waals surface area contributed by atoms with Crippen molar-refractivity contribution >= 4 is 27.8 Å². The summed E-state index contributed by atoms with van der Waals surface area (Å²) >= 11 is 3.42. The fraction of sp³-hybridized carbons (Fsp3) is 0.300. The standard InChI is InChI=1S/C20H22BrNO5/c1-4-27-19-16(21)10-15(11-17(19)25-2)20(24)22(13-18(23)26-3)12-14-8-6-5-7-9-14/h5-11H,4,12-13H2,1-3H3. The zero-order valence-corrected chi connectivity index (χ0v) is 17.1. The Labute approximate surface area is 167 Å². The number of carbonyl (C=O) groups is 2. The summed E-state index contributed by atoms with van der Waals surface area (Å²) in [6, 6.07) is 12.7. The van der Waals surface area contributed by atoms with Crippen molar-refractivity contribution in [2.45, 2.75) is 13.5 Å². The van der Waals surface area contributed by atoms with E-state index in [0.29, 0.717) is 28.1 Å². The van der Waals surface area contributed by atoms with E-state index in [9.17, 15) is 9.59 Å². The summed E-state index contributed by atoms with van der Waals surface area (Å²) < 4.78 is 16.3. The van der Waals surface area contributed by atoms with Gasteiger partial charge in [0.05, 0.1) is 25.3 Å². The molecule has 2 rings (SSSR count). The second-order valence-electron chi connectivity index (χ2n) is 5.65. The molecule has 0 bridgehead atoms. The van der Waals surface area contributed by atoms with Crippen LogP contribution in [0.5, 0.6) is 11.5 Å². The lowest BCUT2D eigenvalue weighted by molar-refractivity contribution is -0.141. The number of ether oxygens (including phenoxy) is 3. The lowest BCUT2D eigenvalue weighted by Gasteiger charge is -2.22. The maximum absolute atomic E-state index is 13.1. The molecule has 0 atom stereocenters. The number of carbonyl (C=O) groups excluding carboxylic acids is 2. The van der Waals surface area contributed by atoms with E-state index in [2.05, 4.69) is 15.9 Å². The first kappa shape index (κ1) is 20.8. The molecule has 0 aliphatic carbocycles. The van der Waals surface area contributed by atoms with Gasteiger partial charge in [0, 0.05) is 12.1 Å². The molecule has 27 heavy (non-hydrogen) atoms. The molecule has 0 saturated carbocycles. The number of esters is 1. The van der Waals surface area contributed by atoms with Gasteiger partial charge in [-0.05, 0) is 40.5 Å². The molecule has 2 aromatic rings. The van der Waals surface area contributed by atoms with Crippen LogP contribution in [0.4, 0.5) is 0 Å². The Balaban J connectivity index is 2.36. The second kappa shape index (κ2) is 9.97. The molecule has 0 saturated heterocycles. The van der Waals surface area contributed by atoms with Crippen molar-refractivity contribution in [3.8, 4) is 11.5 Å². The quantitative estimate of drug-likeness (QED) is 0.591. The second-order valence-corrected chi connectivity index (χ2v) is 6.50. The number of amides is 1. The van der Waals surface area contributed by atoms with Gasteiger partial charge in [-0.3, -0.25) is 9.59 Å². The number of hydrogen-bond acceptors (Lipinski definition) is 5. The van der Waals surface area contributed by atoms with Crippen molar-refractivity contribution in [2.24, 2.45) is 0 Å². The topological polar surface area (TPSA) is 65.1 Å². The first-order chi connectivity index (χ1) is 13.0. The van der Waals surface area contributed by atoms with Crippen molar-refractivity contribution in [2.75, 3.05) is 27.4 Å². The van der Waals surface area contributed by atoms with Gasteiger partial charge in [0.25, 0.3) is 5.91 Å². The molecule has 0 heterocycles. The predicted molar refractivity (Wildman–Crippen MR) is 105 cm³/mol. The van der Waals surface area contributed by atoms with Crippen LogP contribution in [0.2, 0.25) is 0 Å². The van der Waals surface area contributed by atoms with Crippen LogP contribution in [0.15, 0.2) is 46.9 Å². The van der Waals surface area contributed by atoms with Crippen LogP contribution in [0.1, 0.15) is 22.8 Å². The van der Waals surface area contributed by atoms with E-state index in [1.807, 2.05) is 37.3 Å². The van der Waals surface area contributed by atoms with Crippen LogP contribution < -0.4 is 9.47 Å². The summed E-state index contributed by atoms with van der Waals surface area (Å²) in [5.74, 6) is 0.161. The molecule has 2 aromatic carbocycles. The zero-order chi connectivity index (χ0) is 19.8. The number of halogens is 1. The van der Waals surface area contributed by atoms with E-state index in [1.165, 1.54) is 19.1 Å². The van der Waals surface area contributed by atoms with E-state index in [0.717, 1.165) is 5.56 Å². The molecule has 7 heteroatoms. The van der Waals surface area contributed by atoms with E-state index in [4.69, 9.17) is 14.2 Å². The maximum Gasteiger partial charge on any atom is 0.325 e. The average Bonchev–Trinajstić information content (AvgIpc) is 2.69.